The molecule has 144 valence electrons. The van der Waals surface area contributed by atoms with Gasteiger partial charge in [0.05, 0.1) is 4.90 Å². The van der Waals surface area contributed by atoms with Gasteiger partial charge in [-0.1, -0.05) is 17.7 Å². The van der Waals surface area contributed by atoms with Gasteiger partial charge in [-0.15, -0.1) is 0 Å². The molecule has 2 rings (SSSR count). The first kappa shape index (κ1) is 20.7. The van der Waals surface area contributed by atoms with Crippen molar-refractivity contribution in [3.05, 3.63) is 53.6 Å². The van der Waals surface area contributed by atoms with E-state index >= 15 is 0 Å². The van der Waals surface area contributed by atoms with Gasteiger partial charge < -0.3 is 14.8 Å². The number of rotatable bonds is 7. The van der Waals surface area contributed by atoms with Gasteiger partial charge in [0.2, 0.25) is 10.0 Å². The molecule has 0 heterocycles. The molecule has 27 heavy (non-hydrogen) atoms. The van der Waals surface area contributed by atoms with Crippen molar-refractivity contribution in [2.45, 2.75) is 17.9 Å². The Morgan fingerprint density at radius 1 is 1.19 bits per heavy atom. The van der Waals surface area contributed by atoms with Crippen LogP contribution in [0, 0.1) is 0 Å². The summed E-state index contributed by atoms with van der Waals surface area (Å²) in [6.07, 6.45) is -1.12. The molecule has 0 aromatic heterocycles. The van der Waals surface area contributed by atoms with E-state index < -0.39 is 28.0 Å². The minimum atomic E-state index is -3.90. The molecule has 0 saturated heterocycles. The first-order chi connectivity index (χ1) is 12.6. The number of anilines is 1. The fourth-order valence-electron chi connectivity index (χ4n) is 1.95. The molecule has 8 nitrogen and oxygen atoms in total. The van der Waals surface area contributed by atoms with E-state index in [1.54, 1.807) is 24.3 Å². The lowest BCUT2D eigenvalue weighted by molar-refractivity contribution is -0.155. The molecule has 0 fully saturated rings. The van der Waals surface area contributed by atoms with Crippen LogP contribution < -0.4 is 15.2 Å². The first-order valence-electron chi connectivity index (χ1n) is 7.67. The van der Waals surface area contributed by atoms with Gasteiger partial charge in [0.15, 0.2) is 12.7 Å². The maximum absolute atomic E-state index is 12.1. The standard InChI is InChI=1S/C17H17ClN2O6S/c1-11(26-16(21)10-25-14-7-5-12(18)6-8-14)17(22)20-13-3-2-4-15(9-13)27(19,23)24/h2-9,11H,10H2,1H3,(H,20,22)(H2,19,23,24). The zero-order chi connectivity index (χ0) is 20.0. The summed E-state index contributed by atoms with van der Waals surface area (Å²) >= 11 is 5.75. The Morgan fingerprint density at radius 2 is 1.85 bits per heavy atom. The number of carbonyl (C=O) groups excluding carboxylic acids is 2. The monoisotopic (exact) mass is 412 g/mol. The number of nitrogens with two attached hydrogens (primary N) is 1. The molecule has 0 spiro atoms. The van der Waals surface area contributed by atoms with Crippen LogP contribution in [0.1, 0.15) is 6.92 Å². The third-order valence-corrected chi connectivity index (χ3v) is 4.44. The van der Waals surface area contributed by atoms with Crippen molar-refractivity contribution in [1.82, 2.24) is 0 Å². The van der Waals surface area contributed by atoms with E-state index in [9.17, 15) is 18.0 Å². The minimum Gasteiger partial charge on any atom is -0.482 e. The number of nitrogens with one attached hydrogen (secondary N) is 1. The second-order valence-corrected chi connectivity index (χ2v) is 7.43. The van der Waals surface area contributed by atoms with E-state index in [4.69, 9.17) is 26.2 Å². The molecule has 0 radical (unpaired) electrons. The highest BCUT2D eigenvalue weighted by atomic mass is 35.5. The van der Waals surface area contributed by atoms with Crippen LogP contribution in [-0.4, -0.2) is 33.0 Å². The van der Waals surface area contributed by atoms with Gasteiger partial charge in [-0.05, 0) is 49.4 Å². The van der Waals surface area contributed by atoms with Crippen LogP contribution in [0.15, 0.2) is 53.4 Å². The number of hydrogen-bond acceptors (Lipinski definition) is 6. The van der Waals surface area contributed by atoms with Gasteiger partial charge in [-0.2, -0.15) is 0 Å². The van der Waals surface area contributed by atoms with Crippen LogP contribution in [-0.2, 0) is 24.3 Å². The molecule has 3 N–H and O–H groups in total. The van der Waals surface area contributed by atoms with Gasteiger partial charge >= 0.3 is 5.97 Å². The molecule has 10 heteroatoms. The SMILES string of the molecule is CC(OC(=O)COc1ccc(Cl)cc1)C(=O)Nc1cccc(S(N)(=O)=O)c1. The van der Waals surface area contributed by atoms with Gasteiger partial charge in [0.25, 0.3) is 5.91 Å². The largest absolute Gasteiger partial charge is 0.482 e. The lowest BCUT2D eigenvalue weighted by atomic mass is 10.3. The van der Waals surface area contributed by atoms with E-state index in [1.165, 1.54) is 31.2 Å². The van der Waals surface area contributed by atoms with E-state index in [0.717, 1.165) is 0 Å². The molecule has 0 aliphatic heterocycles. The smallest absolute Gasteiger partial charge is 0.344 e. The van der Waals surface area contributed by atoms with Gasteiger partial charge in [-0.25, -0.2) is 18.4 Å². The van der Waals surface area contributed by atoms with Crippen molar-refractivity contribution in [3.8, 4) is 5.75 Å². The van der Waals surface area contributed by atoms with Crippen molar-refractivity contribution < 1.29 is 27.5 Å². The van der Waals surface area contributed by atoms with Crippen LogP contribution in [0.25, 0.3) is 0 Å². The predicted molar refractivity (Wildman–Crippen MR) is 98.9 cm³/mol. The zero-order valence-corrected chi connectivity index (χ0v) is 15.8. The lowest BCUT2D eigenvalue weighted by Gasteiger charge is -2.14. The van der Waals surface area contributed by atoms with Crippen molar-refractivity contribution in [2.24, 2.45) is 5.14 Å². The third kappa shape index (κ3) is 6.55. The Kier molecular flexibility index (Phi) is 6.78. The number of benzene rings is 2. The van der Waals surface area contributed by atoms with Gasteiger partial charge in [-0.3, -0.25) is 4.79 Å². The van der Waals surface area contributed by atoms with Crippen LogP contribution in [0.2, 0.25) is 5.02 Å². The zero-order valence-electron chi connectivity index (χ0n) is 14.2. The van der Waals surface area contributed by atoms with Gasteiger partial charge in [0, 0.05) is 10.7 Å². The molecule has 1 amide bonds. The first-order valence-corrected chi connectivity index (χ1v) is 9.59. The molecular weight excluding hydrogens is 396 g/mol. The second-order valence-electron chi connectivity index (χ2n) is 5.44. The van der Waals surface area contributed by atoms with Crippen LogP contribution >= 0.6 is 11.6 Å². The van der Waals surface area contributed by atoms with E-state index in [-0.39, 0.29) is 17.2 Å². The number of sulfonamides is 1. The summed E-state index contributed by atoms with van der Waals surface area (Å²) in [5.74, 6) is -0.958. The maximum Gasteiger partial charge on any atom is 0.344 e. The Hall–Kier alpha value is -2.62. The molecule has 1 atom stereocenters. The summed E-state index contributed by atoms with van der Waals surface area (Å²) in [7, 11) is -3.90. The maximum atomic E-state index is 12.1. The second kappa shape index (κ2) is 8.85. The minimum absolute atomic E-state index is 0.152. The number of ether oxygens (including phenoxy) is 2. The number of amides is 1. The number of halogens is 1. The van der Waals surface area contributed by atoms with E-state index in [1.807, 2.05) is 0 Å². The molecule has 0 saturated carbocycles. The van der Waals surface area contributed by atoms with Crippen LogP contribution in [0.5, 0.6) is 5.75 Å². The normalized spacial score (nSPS) is 12.1. The van der Waals surface area contributed by atoms with E-state index in [0.29, 0.717) is 10.8 Å². The Morgan fingerprint density at radius 3 is 2.48 bits per heavy atom. The molecule has 0 aliphatic rings. The highest BCUT2D eigenvalue weighted by molar-refractivity contribution is 7.89. The van der Waals surface area contributed by atoms with E-state index in [2.05, 4.69) is 5.32 Å². The quantitative estimate of drug-likeness (QED) is 0.669. The molecule has 0 aliphatic carbocycles. The van der Waals surface area contributed by atoms with Crippen molar-refractivity contribution in [3.63, 3.8) is 0 Å². The van der Waals surface area contributed by atoms with Crippen molar-refractivity contribution in [1.29, 1.82) is 0 Å². The molecular formula is C17H17ClN2O6S. The summed E-state index contributed by atoms with van der Waals surface area (Å²) in [6.45, 7) is 0.985. The Balaban J connectivity index is 1.87. The summed E-state index contributed by atoms with van der Waals surface area (Å²) in [4.78, 5) is 23.7. The van der Waals surface area contributed by atoms with Crippen LogP contribution in [0.3, 0.4) is 0 Å². The van der Waals surface area contributed by atoms with Crippen LogP contribution in [0.4, 0.5) is 5.69 Å². The van der Waals surface area contributed by atoms with Gasteiger partial charge in [0.1, 0.15) is 5.75 Å². The fourth-order valence-corrected chi connectivity index (χ4v) is 2.64. The number of esters is 1. The molecule has 2 aromatic carbocycles. The topological polar surface area (TPSA) is 125 Å². The van der Waals surface area contributed by atoms with Crippen molar-refractivity contribution in [2.75, 3.05) is 11.9 Å². The Labute approximate surface area is 161 Å². The summed E-state index contributed by atoms with van der Waals surface area (Å²) in [5.41, 5.74) is 0.201. The number of primary sulfonamides is 1. The lowest BCUT2D eigenvalue weighted by Crippen LogP contribution is -2.31. The fraction of sp³-hybridized carbons (Fsp3) is 0.176. The summed E-state index contributed by atoms with van der Waals surface area (Å²) in [5, 5.41) is 8.02. The molecule has 0 bridgehead atoms. The number of carbonyl (C=O) groups is 2. The summed E-state index contributed by atoms with van der Waals surface area (Å²) < 4.78 is 32.9. The predicted octanol–water partition coefficient (Wildman–Crippen LogP) is 1.94. The molecule has 1 unspecified atom stereocenters. The highest BCUT2D eigenvalue weighted by Gasteiger charge is 2.19. The summed E-state index contributed by atoms with van der Waals surface area (Å²) in [6, 6.07) is 11.8. The Bertz CT molecular complexity index is 931. The van der Waals surface area contributed by atoms with Crippen molar-refractivity contribution >= 4 is 39.2 Å². The average molecular weight is 413 g/mol. The number of hydrogen-bond donors (Lipinski definition) is 2. The average Bonchev–Trinajstić information content (AvgIpc) is 2.60. The highest BCUT2D eigenvalue weighted by Crippen LogP contribution is 2.16. The molecule has 2 aromatic rings. The third-order valence-electron chi connectivity index (χ3n) is 3.28.